The smallest absolute Gasteiger partial charge is 0.224 e. The second-order valence-electron chi connectivity index (χ2n) is 3.90. The van der Waals surface area contributed by atoms with Crippen LogP contribution in [0.2, 0.25) is 0 Å². The number of carbonyl (C=O) groups excluding carboxylic acids is 1. The molecule has 0 aromatic carbocycles. The number of hydrogen-bond donors (Lipinski definition) is 0. The molecule has 1 saturated carbocycles. The SMILES string of the molecule is CCSCCC(=O)N(C)C1(C#N)CCC1. The zero-order valence-electron chi connectivity index (χ0n) is 9.45. The second kappa shape index (κ2) is 5.41. The summed E-state index contributed by atoms with van der Waals surface area (Å²) in [6, 6.07) is 2.28. The average Bonchev–Trinajstić information content (AvgIpc) is 2.17. The van der Waals surface area contributed by atoms with Crippen molar-refractivity contribution in [1.29, 1.82) is 5.26 Å². The van der Waals surface area contributed by atoms with E-state index in [0.29, 0.717) is 6.42 Å². The lowest BCUT2D eigenvalue weighted by Gasteiger charge is -2.43. The van der Waals surface area contributed by atoms with Gasteiger partial charge in [0.2, 0.25) is 5.91 Å². The fourth-order valence-electron chi connectivity index (χ4n) is 1.74. The van der Waals surface area contributed by atoms with Crippen LogP contribution in [0.5, 0.6) is 0 Å². The molecule has 1 fully saturated rings. The standard InChI is InChI=1S/C11H18N2OS/c1-3-15-8-5-10(14)13(2)11(9-12)6-4-7-11/h3-8H2,1-2H3. The molecule has 0 radical (unpaired) electrons. The number of rotatable bonds is 5. The highest BCUT2D eigenvalue weighted by Crippen LogP contribution is 2.36. The lowest BCUT2D eigenvalue weighted by atomic mass is 9.76. The Balaban J connectivity index is 2.42. The zero-order valence-corrected chi connectivity index (χ0v) is 10.3. The van der Waals surface area contributed by atoms with Crippen molar-refractivity contribution in [3.63, 3.8) is 0 Å². The highest BCUT2D eigenvalue weighted by atomic mass is 32.2. The number of hydrogen-bond acceptors (Lipinski definition) is 3. The van der Waals surface area contributed by atoms with E-state index in [2.05, 4.69) is 13.0 Å². The van der Waals surface area contributed by atoms with E-state index in [1.54, 1.807) is 23.7 Å². The normalized spacial score (nSPS) is 17.7. The number of nitriles is 1. The van der Waals surface area contributed by atoms with Crippen LogP contribution >= 0.6 is 11.8 Å². The Labute approximate surface area is 95.8 Å². The van der Waals surface area contributed by atoms with Crippen LogP contribution in [0.1, 0.15) is 32.6 Å². The van der Waals surface area contributed by atoms with Gasteiger partial charge in [-0.05, 0) is 25.0 Å². The molecule has 0 bridgehead atoms. The number of nitrogens with zero attached hydrogens (tertiary/aromatic N) is 2. The molecular weight excluding hydrogens is 208 g/mol. The van der Waals surface area contributed by atoms with Crippen LogP contribution in [-0.2, 0) is 4.79 Å². The van der Waals surface area contributed by atoms with Gasteiger partial charge in [0, 0.05) is 19.2 Å². The Morgan fingerprint density at radius 3 is 2.67 bits per heavy atom. The van der Waals surface area contributed by atoms with Crippen molar-refractivity contribution < 1.29 is 4.79 Å². The van der Waals surface area contributed by atoms with Crippen molar-refractivity contribution in [1.82, 2.24) is 4.90 Å². The lowest BCUT2D eigenvalue weighted by molar-refractivity contribution is -0.135. The van der Waals surface area contributed by atoms with E-state index < -0.39 is 5.54 Å². The van der Waals surface area contributed by atoms with E-state index in [-0.39, 0.29) is 5.91 Å². The summed E-state index contributed by atoms with van der Waals surface area (Å²) in [5.41, 5.74) is -0.478. The van der Waals surface area contributed by atoms with Crippen LogP contribution in [0.15, 0.2) is 0 Å². The van der Waals surface area contributed by atoms with Crippen LogP contribution < -0.4 is 0 Å². The number of carbonyl (C=O) groups is 1. The van der Waals surface area contributed by atoms with Crippen molar-refractivity contribution >= 4 is 17.7 Å². The van der Waals surface area contributed by atoms with Gasteiger partial charge in [-0.15, -0.1) is 0 Å². The van der Waals surface area contributed by atoms with E-state index in [0.717, 1.165) is 30.8 Å². The van der Waals surface area contributed by atoms with E-state index in [1.807, 2.05) is 0 Å². The topological polar surface area (TPSA) is 44.1 Å². The summed E-state index contributed by atoms with van der Waals surface area (Å²) in [6.45, 7) is 2.08. The van der Waals surface area contributed by atoms with E-state index in [9.17, 15) is 4.79 Å². The van der Waals surface area contributed by atoms with Crippen LogP contribution in [0.3, 0.4) is 0 Å². The third kappa shape index (κ3) is 2.66. The molecule has 84 valence electrons. The largest absolute Gasteiger partial charge is 0.327 e. The van der Waals surface area contributed by atoms with Crippen LogP contribution in [0.25, 0.3) is 0 Å². The average molecular weight is 226 g/mol. The van der Waals surface area contributed by atoms with Crippen molar-refractivity contribution in [2.45, 2.75) is 38.1 Å². The maximum absolute atomic E-state index is 11.8. The number of amides is 1. The second-order valence-corrected chi connectivity index (χ2v) is 5.29. The van der Waals surface area contributed by atoms with E-state index >= 15 is 0 Å². The third-order valence-corrected chi connectivity index (χ3v) is 3.97. The van der Waals surface area contributed by atoms with Crippen molar-refractivity contribution in [2.24, 2.45) is 0 Å². The van der Waals surface area contributed by atoms with Gasteiger partial charge in [0.1, 0.15) is 5.54 Å². The van der Waals surface area contributed by atoms with E-state index in [1.165, 1.54) is 0 Å². The minimum absolute atomic E-state index is 0.109. The Hall–Kier alpha value is -0.690. The first-order chi connectivity index (χ1) is 7.16. The molecule has 4 heteroatoms. The van der Waals surface area contributed by atoms with Gasteiger partial charge >= 0.3 is 0 Å². The van der Waals surface area contributed by atoms with Gasteiger partial charge in [-0.1, -0.05) is 6.92 Å². The summed E-state index contributed by atoms with van der Waals surface area (Å²) in [5.74, 6) is 2.01. The molecule has 0 heterocycles. The Bertz CT molecular complexity index is 268. The molecule has 1 aliphatic carbocycles. The van der Waals surface area contributed by atoms with Gasteiger partial charge in [-0.3, -0.25) is 4.79 Å². The van der Waals surface area contributed by atoms with Gasteiger partial charge in [-0.2, -0.15) is 17.0 Å². The van der Waals surface area contributed by atoms with Crippen LogP contribution in [-0.4, -0.2) is 34.9 Å². The summed E-state index contributed by atoms with van der Waals surface area (Å²) in [7, 11) is 1.77. The van der Waals surface area contributed by atoms with E-state index in [4.69, 9.17) is 5.26 Å². The quantitative estimate of drug-likeness (QED) is 0.674. The van der Waals surface area contributed by atoms with Crippen LogP contribution in [0, 0.1) is 11.3 Å². The monoisotopic (exact) mass is 226 g/mol. The molecule has 1 rings (SSSR count). The summed E-state index contributed by atoms with van der Waals surface area (Å²) < 4.78 is 0. The predicted octanol–water partition coefficient (Wildman–Crippen LogP) is 2.03. The van der Waals surface area contributed by atoms with Crippen molar-refractivity contribution in [2.75, 3.05) is 18.6 Å². The molecular formula is C11H18N2OS. The lowest BCUT2D eigenvalue weighted by Crippen LogP contribution is -2.53. The Kier molecular flexibility index (Phi) is 4.46. The van der Waals surface area contributed by atoms with Gasteiger partial charge in [-0.25, -0.2) is 0 Å². The van der Waals surface area contributed by atoms with Gasteiger partial charge in [0.15, 0.2) is 0 Å². The molecule has 0 saturated heterocycles. The van der Waals surface area contributed by atoms with Gasteiger partial charge < -0.3 is 4.90 Å². The fourth-order valence-corrected chi connectivity index (χ4v) is 2.35. The third-order valence-electron chi connectivity index (χ3n) is 3.07. The number of thioether (sulfide) groups is 1. The minimum Gasteiger partial charge on any atom is -0.327 e. The predicted molar refractivity (Wildman–Crippen MR) is 62.6 cm³/mol. The molecule has 0 aromatic rings. The molecule has 15 heavy (non-hydrogen) atoms. The van der Waals surface area contributed by atoms with Crippen molar-refractivity contribution in [3.8, 4) is 6.07 Å². The molecule has 0 N–H and O–H groups in total. The Morgan fingerprint density at radius 1 is 1.60 bits per heavy atom. The molecule has 0 aliphatic heterocycles. The van der Waals surface area contributed by atoms with Gasteiger partial charge in [0.25, 0.3) is 0 Å². The molecule has 0 unspecified atom stereocenters. The molecule has 1 aliphatic rings. The van der Waals surface area contributed by atoms with Gasteiger partial charge in [0.05, 0.1) is 6.07 Å². The summed E-state index contributed by atoms with van der Waals surface area (Å²) in [5, 5.41) is 9.08. The highest BCUT2D eigenvalue weighted by molar-refractivity contribution is 7.99. The summed E-state index contributed by atoms with van der Waals surface area (Å²) >= 11 is 1.77. The first kappa shape index (κ1) is 12.4. The maximum Gasteiger partial charge on any atom is 0.224 e. The molecule has 0 spiro atoms. The first-order valence-corrected chi connectivity index (χ1v) is 6.57. The minimum atomic E-state index is -0.478. The molecule has 0 atom stereocenters. The maximum atomic E-state index is 11.8. The van der Waals surface area contributed by atoms with Crippen LogP contribution in [0.4, 0.5) is 0 Å². The summed E-state index contributed by atoms with van der Waals surface area (Å²) in [6.07, 6.45) is 3.30. The summed E-state index contributed by atoms with van der Waals surface area (Å²) in [4.78, 5) is 13.4. The molecule has 0 aromatic heterocycles. The highest BCUT2D eigenvalue weighted by Gasteiger charge is 2.43. The molecule has 1 amide bonds. The molecule has 3 nitrogen and oxygen atoms in total. The Morgan fingerprint density at radius 2 is 2.27 bits per heavy atom. The first-order valence-electron chi connectivity index (χ1n) is 5.42. The van der Waals surface area contributed by atoms with Crippen molar-refractivity contribution in [3.05, 3.63) is 0 Å². The fraction of sp³-hybridized carbons (Fsp3) is 0.818. The zero-order chi connectivity index (χ0) is 11.3.